The zero-order chi connectivity index (χ0) is 57.2. The van der Waals surface area contributed by atoms with Gasteiger partial charge in [0.15, 0.2) is 0 Å². The number of thiophene rings is 1. The highest BCUT2D eigenvalue weighted by molar-refractivity contribution is 7.91. The number of sulfonamides is 2. The Morgan fingerprint density at radius 1 is 0.582 bits per heavy atom. The zero-order valence-electron chi connectivity index (χ0n) is 42.6. The molecule has 3 aromatic heterocycles. The summed E-state index contributed by atoms with van der Waals surface area (Å²) in [5, 5.41) is 1.98. The highest BCUT2D eigenvalue weighted by Crippen LogP contribution is 2.37. The standard InChI is InChI=1S/C54H52Cl2F6N8O6S3/c1-5-69(78(73,74)44-21-19-43(55)20-22-44)35(3)51(71)67(33-37-29-45(63-48(31-37)65-25-7-8-26-65)39-11-15-41(16-12-39)53(57,58)59)68(52(72)36(4)70(6-2)79(75,76)50-24-23-47(56)77-50)34-38-30-46(64-49(32-38)66-27-9-10-28-66)40-13-17-42(18-14-40)54(60,61)62/h11-24,29-32H,3-10,25-28,33-34H2,1-2H3. The van der Waals surface area contributed by atoms with Crippen LogP contribution in [0, 0.1) is 0 Å². The number of likely N-dealkylation sites (N-methyl/N-ethyl adjacent to an activating group) is 2. The summed E-state index contributed by atoms with van der Waals surface area (Å²) in [7, 11) is -9.20. The van der Waals surface area contributed by atoms with Gasteiger partial charge < -0.3 is 9.80 Å². The number of alkyl halides is 6. The predicted molar refractivity (Wildman–Crippen MR) is 292 cm³/mol. The van der Waals surface area contributed by atoms with Gasteiger partial charge in [-0.05, 0) is 136 Å². The van der Waals surface area contributed by atoms with E-state index in [1.807, 2.05) is 9.80 Å². The van der Waals surface area contributed by atoms with Crippen LogP contribution in [0.25, 0.3) is 22.5 Å². The summed E-state index contributed by atoms with van der Waals surface area (Å²) in [6.45, 7) is 11.0. The van der Waals surface area contributed by atoms with Crippen molar-refractivity contribution in [3.8, 4) is 22.5 Å². The molecule has 5 heterocycles. The van der Waals surface area contributed by atoms with Crippen molar-refractivity contribution in [1.82, 2.24) is 28.6 Å². The Kier molecular flexibility index (Phi) is 17.5. The number of rotatable bonds is 18. The van der Waals surface area contributed by atoms with Crippen LogP contribution in [0.15, 0.2) is 143 Å². The van der Waals surface area contributed by atoms with E-state index in [0.717, 1.165) is 68.6 Å². The largest absolute Gasteiger partial charge is 0.416 e. The fourth-order valence-electron chi connectivity index (χ4n) is 9.18. The van der Waals surface area contributed by atoms with Crippen molar-refractivity contribution in [2.75, 3.05) is 49.1 Å². The number of nitrogens with zero attached hydrogens (tertiary/aromatic N) is 8. The minimum Gasteiger partial charge on any atom is -0.357 e. The SMILES string of the molecule is C=C(C(=O)N(Cc1cc(-c2ccc(C(F)(F)F)cc2)nc(N2CCCC2)c1)N(Cc1cc(-c2ccc(C(F)(F)F)cc2)nc(N2CCCC2)c1)C(=O)C(=C)N(CC)S(=O)(=O)c1ccc(Cl)s1)N(CC)S(=O)(=O)c1ccc(Cl)cc1. The maximum Gasteiger partial charge on any atom is 0.416 e. The lowest BCUT2D eigenvalue weighted by Gasteiger charge is -2.38. The Bertz CT molecular complexity index is 3480. The summed E-state index contributed by atoms with van der Waals surface area (Å²) in [5.41, 5.74) is -1.87. The molecule has 25 heteroatoms. The lowest BCUT2D eigenvalue weighted by molar-refractivity contribution is -0.163. The van der Waals surface area contributed by atoms with Crippen molar-refractivity contribution in [2.24, 2.45) is 0 Å². The molecule has 0 aliphatic carbocycles. The number of aromatic nitrogens is 2. The van der Waals surface area contributed by atoms with Crippen molar-refractivity contribution in [1.29, 1.82) is 0 Å². The lowest BCUT2D eigenvalue weighted by Crippen LogP contribution is -2.53. The molecule has 0 bridgehead atoms. The maximum atomic E-state index is 15.8. The van der Waals surface area contributed by atoms with E-state index >= 15 is 9.59 Å². The third kappa shape index (κ3) is 13.0. The number of hydrogen-bond donors (Lipinski definition) is 0. The van der Waals surface area contributed by atoms with Crippen molar-refractivity contribution in [3.63, 3.8) is 0 Å². The molecule has 2 amide bonds. The molecule has 3 aromatic carbocycles. The number of hydrogen-bond acceptors (Lipinski definition) is 11. The summed E-state index contributed by atoms with van der Waals surface area (Å²) >= 11 is 13.0. The highest BCUT2D eigenvalue weighted by Gasteiger charge is 2.39. The lowest BCUT2D eigenvalue weighted by atomic mass is 10.1. The third-order valence-corrected chi connectivity index (χ3v) is 19.0. The van der Waals surface area contributed by atoms with E-state index in [1.165, 1.54) is 86.6 Å². The van der Waals surface area contributed by atoms with Gasteiger partial charge in [-0.15, -0.1) is 11.3 Å². The van der Waals surface area contributed by atoms with Crippen molar-refractivity contribution >= 4 is 78.0 Å². The Labute approximate surface area is 467 Å². The van der Waals surface area contributed by atoms with Crippen LogP contribution < -0.4 is 9.80 Å². The first kappa shape index (κ1) is 58.5. The molecule has 0 spiro atoms. The number of pyridine rings is 2. The Hall–Kier alpha value is -6.66. The third-order valence-electron chi connectivity index (χ3n) is 13.2. The molecule has 2 fully saturated rings. The fraction of sp³-hybridized carbons (Fsp3) is 0.296. The molecule has 6 aromatic rings. The highest BCUT2D eigenvalue weighted by atomic mass is 35.5. The molecule has 0 saturated carbocycles. The molecular weight excluding hydrogens is 1140 g/mol. The van der Waals surface area contributed by atoms with E-state index in [2.05, 4.69) is 13.2 Å². The quantitative estimate of drug-likeness (QED) is 0.0463. The van der Waals surface area contributed by atoms with E-state index in [0.29, 0.717) is 49.2 Å². The van der Waals surface area contributed by atoms with Gasteiger partial charge in [-0.25, -0.2) is 36.8 Å². The molecule has 2 aliphatic rings. The number of anilines is 2. The van der Waals surface area contributed by atoms with Gasteiger partial charge in [0.25, 0.3) is 31.9 Å². The summed E-state index contributed by atoms with van der Waals surface area (Å²) < 4.78 is 142. The molecule has 0 atom stereocenters. The van der Waals surface area contributed by atoms with E-state index < -0.39 is 79.8 Å². The van der Waals surface area contributed by atoms with Gasteiger partial charge in [0.05, 0.1) is 44.8 Å². The van der Waals surface area contributed by atoms with Crippen molar-refractivity contribution in [2.45, 2.75) is 74.1 Å². The number of hydrazine groups is 1. The summed E-state index contributed by atoms with van der Waals surface area (Å²) in [6, 6.07) is 22.5. The second kappa shape index (κ2) is 23.6. The Balaban J connectivity index is 1.34. The minimum absolute atomic E-state index is 0.120. The van der Waals surface area contributed by atoms with Crippen LogP contribution in [0.5, 0.6) is 0 Å². The molecule has 79 heavy (non-hydrogen) atoms. The maximum absolute atomic E-state index is 15.8. The molecule has 14 nitrogen and oxygen atoms in total. The van der Waals surface area contributed by atoms with E-state index in [9.17, 15) is 43.2 Å². The number of carbonyl (C=O) groups excluding carboxylic acids is 2. The average Bonchev–Trinajstić information content (AvgIpc) is 4.32. The predicted octanol–water partition coefficient (Wildman–Crippen LogP) is 12.1. The van der Waals surface area contributed by atoms with Gasteiger partial charge >= 0.3 is 12.4 Å². The van der Waals surface area contributed by atoms with Crippen molar-refractivity contribution in [3.05, 3.63) is 165 Å². The molecule has 8 rings (SSSR count). The first-order chi connectivity index (χ1) is 37.3. The van der Waals surface area contributed by atoms with Crippen LogP contribution in [0.3, 0.4) is 0 Å². The summed E-state index contributed by atoms with van der Waals surface area (Å²) in [6.07, 6.45) is -6.20. The molecular formula is C54H52Cl2F6N8O6S3. The van der Waals surface area contributed by atoms with Crippen molar-refractivity contribution < 1.29 is 52.8 Å². The Morgan fingerprint density at radius 3 is 1.33 bits per heavy atom. The zero-order valence-corrected chi connectivity index (χ0v) is 46.5. The van der Waals surface area contributed by atoms with Gasteiger partial charge in [0, 0.05) is 55.4 Å². The first-order valence-corrected chi connectivity index (χ1v) is 29.2. The summed E-state index contributed by atoms with van der Waals surface area (Å²) in [5.74, 6) is -1.65. The number of halogens is 8. The second-order valence-corrected chi connectivity index (χ2v) is 24.6. The smallest absolute Gasteiger partial charge is 0.357 e. The molecule has 0 unspecified atom stereocenters. The van der Waals surface area contributed by atoms with E-state index in [-0.39, 0.29) is 65.2 Å². The summed E-state index contributed by atoms with van der Waals surface area (Å²) in [4.78, 5) is 44.8. The molecule has 418 valence electrons. The normalized spacial score (nSPS) is 14.1. The van der Waals surface area contributed by atoms with Gasteiger partial charge in [0.2, 0.25) is 0 Å². The first-order valence-electron chi connectivity index (χ1n) is 24.7. The van der Waals surface area contributed by atoms with Gasteiger partial charge in [-0.1, -0.05) is 60.6 Å². The van der Waals surface area contributed by atoms with Crippen LogP contribution in [-0.4, -0.2) is 96.5 Å². The average molecular weight is 1190 g/mol. The molecule has 2 saturated heterocycles. The molecule has 0 N–H and O–H groups in total. The van der Waals surface area contributed by atoms with Crippen LogP contribution in [0.1, 0.15) is 61.8 Å². The molecule has 0 radical (unpaired) electrons. The van der Waals surface area contributed by atoms with Crippen LogP contribution in [0.4, 0.5) is 38.0 Å². The minimum atomic E-state index is -4.66. The topological polar surface area (TPSA) is 148 Å². The van der Waals surface area contributed by atoms with Gasteiger partial charge in [-0.2, -0.15) is 26.3 Å². The second-order valence-electron chi connectivity index (χ2n) is 18.4. The Morgan fingerprint density at radius 2 is 0.975 bits per heavy atom. The number of benzene rings is 3. The molecule has 2 aliphatic heterocycles. The van der Waals surface area contributed by atoms with Gasteiger partial charge in [0.1, 0.15) is 27.2 Å². The number of carbonyl (C=O) groups is 2. The van der Waals surface area contributed by atoms with E-state index in [4.69, 9.17) is 33.2 Å². The van der Waals surface area contributed by atoms with Crippen LogP contribution in [-0.2, 0) is 55.1 Å². The fourth-order valence-corrected chi connectivity index (χ4v) is 13.8. The van der Waals surface area contributed by atoms with E-state index in [1.54, 1.807) is 12.1 Å². The number of amides is 2. The van der Waals surface area contributed by atoms with Gasteiger partial charge in [-0.3, -0.25) is 18.2 Å². The van der Waals surface area contributed by atoms with Crippen LogP contribution in [0.2, 0.25) is 9.36 Å². The monoisotopic (exact) mass is 1190 g/mol. The van der Waals surface area contributed by atoms with Crippen LogP contribution >= 0.6 is 34.5 Å².